The predicted molar refractivity (Wildman–Crippen MR) is 93.3 cm³/mol. The van der Waals surface area contributed by atoms with E-state index in [-0.39, 0.29) is 36.1 Å². The first kappa shape index (κ1) is 18.8. The van der Waals surface area contributed by atoms with E-state index in [1.165, 1.54) is 0 Å². The highest BCUT2D eigenvalue weighted by molar-refractivity contribution is 5.94. The fraction of sp³-hybridized carbons (Fsp3) is 0.500. The van der Waals surface area contributed by atoms with E-state index in [1.807, 2.05) is 13.8 Å². The molecule has 2 rings (SSSR count). The molecule has 0 bridgehead atoms. The van der Waals surface area contributed by atoms with Gasteiger partial charge in [0.25, 0.3) is 5.91 Å². The molecule has 1 aliphatic heterocycles. The van der Waals surface area contributed by atoms with Gasteiger partial charge in [0.1, 0.15) is 5.75 Å². The summed E-state index contributed by atoms with van der Waals surface area (Å²) in [7, 11) is 1.54. The zero-order chi connectivity index (χ0) is 18.4. The number of carbonyl (C=O) groups excluding carboxylic acids is 3. The molecule has 1 saturated heterocycles. The van der Waals surface area contributed by atoms with Crippen LogP contribution in [0.5, 0.6) is 5.75 Å². The van der Waals surface area contributed by atoms with Gasteiger partial charge in [-0.15, -0.1) is 0 Å². The fourth-order valence-corrected chi connectivity index (χ4v) is 2.78. The molecule has 0 radical (unpaired) electrons. The van der Waals surface area contributed by atoms with E-state index >= 15 is 0 Å². The van der Waals surface area contributed by atoms with E-state index in [2.05, 4.69) is 10.6 Å². The number of rotatable bonds is 7. The van der Waals surface area contributed by atoms with Gasteiger partial charge in [0.05, 0.1) is 13.0 Å². The Labute approximate surface area is 147 Å². The maximum Gasteiger partial charge on any atom is 0.251 e. The minimum absolute atomic E-state index is 0.0153. The largest absolute Gasteiger partial charge is 0.497 e. The monoisotopic (exact) mass is 347 g/mol. The first-order valence-corrected chi connectivity index (χ1v) is 8.41. The molecule has 1 atom stereocenters. The number of amides is 3. The molecule has 7 nitrogen and oxygen atoms in total. The number of hydrogen-bond acceptors (Lipinski definition) is 4. The summed E-state index contributed by atoms with van der Waals surface area (Å²) in [5.74, 6) is -0.0608. The Morgan fingerprint density at radius 1 is 1.28 bits per heavy atom. The smallest absolute Gasteiger partial charge is 0.251 e. The molecule has 0 aliphatic carbocycles. The number of carbonyl (C=O) groups is 3. The highest BCUT2D eigenvalue weighted by Crippen LogP contribution is 2.20. The number of benzene rings is 1. The van der Waals surface area contributed by atoms with Gasteiger partial charge in [0.2, 0.25) is 11.8 Å². The number of ether oxygens (including phenoxy) is 1. The molecule has 1 heterocycles. The molecule has 1 unspecified atom stereocenters. The normalized spacial score (nSPS) is 16.9. The van der Waals surface area contributed by atoms with Crippen molar-refractivity contribution in [2.24, 2.45) is 5.92 Å². The molecule has 0 aromatic heterocycles. The van der Waals surface area contributed by atoms with Crippen molar-refractivity contribution < 1.29 is 19.1 Å². The molecule has 3 amide bonds. The van der Waals surface area contributed by atoms with Crippen molar-refractivity contribution in [3.63, 3.8) is 0 Å². The zero-order valence-electron chi connectivity index (χ0n) is 14.9. The van der Waals surface area contributed by atoms with Crippen molar-refractivity contribution >= 4 is 17.7 Å². The van der Waals surface area contributed by atoms with Crippen LogP contribution >= 0.6 is 0 Å². The van der Waals surface area contributed by atoms with Crippen molar-refractivity contribution in [2.45, 2.75) is 26.3 Å². The third kappa shape index (κ3) is 4.95. The second-order valence-electron chi connectivity index (χ2n) is 6.32. The second kappa shape index (κ2) is 8.50. The van der Waals surface area contributed by atoms with Gasteiger partial charge in [-0.2, -0.15) is 0 Å². The average molecular weight is 347 g/mol. The van der Waals surface area contributed by atoms with Crippen molar-refractivity contribution in [3.05, 3.63) is 29.8 Å². The molecule has 1 aromatic carbocycles. The van der Waals surface area contributed by atoms with Crippen molar-refractivity contribution in [3.8, 4) is 5.75 Å². The summed E-state index contributed by atoms with van der Waals surface area (Å²) in [6, 6.07) is 6.96. The summed E-state index contributed by atoms with van der Waals surface area (Å²) < 4.78 is 5.08. The lowest BCUT2D eigenvalue weighted by atomic mass is 10.1. The minimum atomic E-state index is -0.316. The molecule has 136 valence electrons. The van der Waals surface area contributed by atoms with E-state index in [0.717, 1.165) is 0 Å². The van der Waals surface area contributed by atoms with Crippen LogP contribution in [0.1, 0.15) is 30.6 Å². The highest BCUT2D eigenvalue weighted by atomic mass is 16.5. The Morgan fingerprint density at radius 3 is 2.64 bits per heavy atom. The number of methoxy groups -OCH3 is 1. The molecular formula is C18H25N3O4. The first-order valence-electron chi connectivity index (χ1n) is 8.41. The summed E-state index contributed by atoms with van der Waals surface area (Å²) in [4.78, 5) is 37.7. The quantitative estimate of drug-likeness (QED) is 0.714. The lowest BCUT2D eigenvalue weighted by molar-refractivity contribution is -0.129. The van der Waals surface area contributed by atoms with Crippen LogP contribution in [0, 0.1) is 5.92 Å². The van der Waals surface area contributed by atoms with Crippen LogP contribution in [0.4, 0.5) is 0 Å². The maximum absolute atomic E-state index is 12.1. The number of likely N-dealkylation sites (tertiary alicyclic amines) is 1. The predicted octanol–water partition coefficient (Wildman–Crippen LogP) is 0.798. The SMILES string of the molecule is COc1cccc(C(=O)NCCNC(=O)C2CC(=O)N(C(C)C)C2)c1. The zero-order valence-corrected chi connectivity index (χ0v) is 14.9. The van der Waals surface area contributed by atoms with Gasteiger partial charge in [0, 0.05) is 37.7 Å². The van der Waals surface area contributed by atoms with Crippen molar-refractivity contribution in [1.29, 1.82) is 0 Å². The van der Waals surface area contributed by atoms with Crippen molar-refractivity contribution in [1.82, 2.24) is 15.5 Å². The van der Waals surface area contributed by atoms with Gasteiger partial charge >= 0.3 is 0 Å². The third-order valence-corrected chi connectivity index (χ3v) is 4.19. The Morgan fingerprint density at radius 2 is 2.00 bits per heavy atom. The Bertz CT molecular complexity index is 645. The lowest BCUT2D eigenvalue weighted by Crippen LogP contribution is -2.39. The lowest BCUT2D eigenvalue weighted by Gasteiger charge is -2.20. The summed E-state index contributed by atoms with van der Waals surface area (Å²) in [5, 5.41) is 5.52. The van der Waals surface area contributed by atoms with Crippen LogP contribution in [0.25, 0.3) is 0 Å². The van der Waals surface area contributed by atoms with Crippen LogP contribution in [0.3, 0.4) is 0 Å². The summed E-state index contributed by atoms with van der Waals surface area (Å²) in [6.45, 7) is 4.97. The molecule has 1 fully saturated rings. The molecule has 1 aromatic rings. The molecule has 7 heteroatoms. The van der Waals surface area contributed by atoms with Crippen LogP contribution in [0.2, 0.25) is 0 Å². The van der Waals surface area contributed by atoms with E-state index in [0.29, 0.717) is 30.9 Å². The Hall–Kier alpha value is -2.57. The van der Waals surface area contributed by atoms with E-state index in [9.17, 15) is 14.4 Å². The van der Waals surface area contributed by atoms with Crippen LogP contribution in [0.15, 0.2) is 24.3 Å². The van der Waals surface area contributed by atoms with Crippen LogP contribution in [-0.4, -0.2) is 55.4 Å². The van der Waals surface area contributed by atoms with Crippen molar-refractivity contribution in [2.75, 3.05) is 26.7 Å². The topological polar surface area (TPSA) is 87.7 Å². The van der Waals surface area contributed by atoms with Crippen LogP contribution in [-0.2, 0) is 9.59 Å². The Kier molecular flexibility index (Phi) is 6.38. The summed E-state index contributed by atoms with van der Waals surface area (Å²) >= 11 is 0. The van der Waals surface area contributed by atoms with Crippen LogP contribution < -0.4 is 15.4 Å². The molecule has 0 saturated carbocycles. The number of hydrogen-bond donors (Lipinski definition) is 2. The fourth-order valence-electron chi connectivity index (χ4n) is 2.78. The van der Waals surface area contributed by atoms with Gasteiger partial charge < -0.3 is 20.3 Å². The highest BCUT2D eigenvalue weighted by Gasteiger charge is 2.35. The molecular weight excluding hydrogens is 322 g/mol. The van der Waals surface area contributed by atoms with Gasteiger partial charge in [-0.25, -0.2) is 0 Å². The third-order valence-electron chi connectivity index (χ3n) is 4.19. The summed E-state index contributed by atoms with van der Waals surface area (Å²) in [5.41, 5.74) is 0.500. The standard InChI is InChI=1S/C18H25N3O4/c1-12(2)21-11-14(10-16(21)22)18(24)20-8-7-19-17(23)13-5-4-6-15(9-13)25-3/h4-6,9,12,14H,7-8,10-11H2,1-3H3,(H,19,23)(H,20,24). The van der Waals surface area contributed by atoms with Gasteiger partial charge in [-0.1, -0.05) is 6.07 Å². The molecule has 2 N–H and O–H groups in total. The molecule has 0 spiro atoms. The van der Waals surface area contributed by atoms with Gasteiger partial charge in [-0.3, -0.25) is 14.4 Å². The summed E-state index contributed by atoms with van der Waals surface area (Å²) in [6.07, 6.45) is 0.250. The molecule has 25 heavy (non-hydrogen) atoms. The van der Waals surface area contributed by atoms with E-state index < -0.39 is 0 Å². The molecule has 1 aliphatic rings. The van der Waals surface area contributed by atoms with E-state index in [4.69, 9.17) is 4.74 Å². The second-order valence-corrected chi connectivity index (χ2v) is 6.32. The number of nitrogens with zero attached hydrogens (tertiary/aromatic N) is 1. The van der Waals surface area contributed by atoms with Gasteiger partial charge in [-0.05, 0) is 32.0 Å². The first-order chi connectivity index (χ1) is 11.9. The van der Waals surface area contributed by atoms with Gasteiger partial charge in [0.15, 0.2) is 0 Å². The Balaban J connectivity index is 1.73. The van der Waals surface area contributed by atoms with E-state index in [1.54, 1.807) is 36.3 Å². The maximum atomic E-state index is 12.1. The average Bonchev–Trinajstić information content (AvgIpc) is 3.00. The minimum Gasteiger partial charge on any atom is -0.497 e. The number of nitrogens with one attached hydrogen (secondary N) is 2.